The molecule has 13 heteroatoms. The van der Waals surface area contributed by atoms with Gasteiger partial charge in [-0.2, -0.15) is 5.10 Å². The Morgan fingerprint density at radius 3 is 2.53 bits per heavy atom. The van der Waals surface area contributed by atoms with Gasteiger partial charge in [-0.1, -0.05) is 35.9 Å². The van der Waals surface area contributed by atoms with Gasteiger partial charge in [0.25, 0.3) is 21.6 Å². The first-order valence-electron chi connectivity index (χ1n) is 10.2. The molecule has 0 radical (unpaired) electrons. The van der Waals surface area contributed by atoms with Gasteiger partial charge in [0, 0.05) is 17.2 Å². The summed E-state index contributed by atoms with van der Waals surface area (Å²) in [4.78, 5) is 22.9. The number of hydrogen-bond acceptors (Lipinski definition) is 8. The van der Waals surface area contributed by atoms with Crippen molar-refractivity contribution < 1.29 is 27.6 Å². The first-order chi connectivity index (χ1) is 17.2. The summed E-state index contributed by atoms with van der Waals surface area (Å²) in [6.45, 7) is -0.760. The number of amides is 1. The summed E-state index contributed by atoms with van der Waals surface area (Å²) >= 11 is 5.93. The molecule has 0 atom stereocenters. The normalized spacial score (nSPS) is 11.2. The van der Waals surface area contributed by atoms with E-state index in [-0.39, 0.29) is 11.4 Å². The number of para-hydroxylation sites is 1. The summed E-state index contributed by atoms with van der Waals surface area (Å²) in [6.07, 6.45) is 1.33. The number of nitro benzene ring substituents is 1. The summed E-state index contributed by atoms with van der Waals surface area (Å²) < 4.78 is 38.5. The molecule has 0 saturated heterocycles. The number of hydrogen-bond donors (Lipinski definition) is 1. The van der Waals surface area contributed by atoms with E-state index in [0.29, 0.717) is 20.6 Å². The van der Waals surface area contributed by atoms with Gasteiger partial charge in [-0.15, -0.1) is 0 Å². The van der Waals surface area contributed by atoms with Crippen LogP contribution in [0, 0.1) is 10.1 Å². The molecule has 0 saturated carbocycles. The Kier molecular flexibility index (Phi) is 8.46. The molecule has 11 nitrogen and oxygen atoms in total. The van der Waals surface area contributed by atoms with Crippen LogP contribution in [-0.2, 0) is 14.8 Å². The van der Waals surface area contributed by atoms with E-state index in [2.05, 4.69) is 10.5 Å². The van der Waals surface area contributed by atoms with E-state index in [0.717, 1.165) is 12.1 Å². The van der Waals surface area contributed by atoms with Crippen molar-refractivity contribution in [2.75, 3.05) is 25.1 Å². The van der Waals surface area contributed by atoms with Gasteiger partial charge in [0.1, 0.15) is 18.0 Å². The van der Waals surface area contributed by atoms with Crippen LogP contribution in [0.5, 0.6) is 11.5 Å². The van der Waals surface area contributed by atoms with Gasteiger partial charge >= 0.3 is 0 Å². The van der Waals surface area contributed by atoms with Crippen LogP contribution in [0.3, 0.4) is 0 Å². The highest BCUT2D eigenvalue weighted by Gasteiger charge is 2.34. The third-order valence-electron chi connectivity index (χ3n) is 4.82. The minimum absolute atomic E-state index is 0.0366. The quantitative estimate of drug-likeness (QED) is 0.239. The molecule has 0 aliphatic rings. The Bertz CT molecular complexity index is 1410. The van der Waals surface area contributed by atoms with Gasteiger partial charge < -0.3 is 9.47 Å². The molecule has 0 unspecified atom stereocenters. The maximum absolute atomic E-state index is 13.7. The van der Waals surface area contributed by atoms with Crippen LogP contribution in [0.25, 0.3) is 0 Å². The van der Waals surface area contributed by atoms with Crippen molar-refractivity contribution in [2.24, 2.45) is 5.10 Å². The minimum atomic E-state index is -4.62. The molecular formula is C23H21ClN4O7S. The molecule has 3 rings (SSSR count). The number of ether oxygens (including phenoxy) is 2. The van der Waals surface area contributed by atoms with Gasteiger partial charge in [0.05, 0.1) is 31.0 Å². The maximum Gasteiger partial charge on any atom is 0.289 e. The lowest BCUT2D eigenvalue weighted by Gasteiger charge is -2.25. The molecule has 1 amide bonds. The molecule has 0 aliphatic carbocycles. The Hall–Kier alpha value is -4.16. The van der Waals surface area contributed by atoms with Crippen LogP contribution in [-0.4, -0.2) is 46.2 Å². The zero-order valence-electron chi connectivity index (χ0n) is 19.1. The molecule has 3 aromatic carbocycles. The fraction of sp³-hybridized carbons (Fsp3) is 0.130. The van der Waals surface area contributed by atoms with Crippen molar-refractivity contribution in [2.45, 2.75) is 4.90 Å². The third kappa shape index (κ3) is 6.09. The number of sulfonamides is 1. The second-order valence-electron chi connectivity index (χ2n) is 7.12. The highest BCUT2D eigenvalue weighted by molar-refractivity contribution is 7.93. The number of carbonyl (C=O) groups excluding carboxylic acids is 1. The summed E-state index contributed by atoms with van der Waals surface area (Å²) in [5, 5.41) is 15.8. The average Bonchev–Trinajstić information content (AvgIpc) is 2.87. The number of nitrogens with one attached hydrogen (secondary N) is 1. The summed E-state index contributed by atoms with van der Waals surface area (Å²) in [7, 11) is -1.89. The second kappa shape index (κ2) is 11.5. The van der Waals surface area contributed by atoms with Crippen molar-refractivity contribution >= 4 is 45.1 Å². The van der Waals surface area contributed by atoms with E-state index >= 15 is 0 Å². The summed E-state index contributed by atoms with van der Waals surface area (Å²) in [5.74, 6) is -0.380. The van der Waals surface area contributed by atoms with Crippen molar-refractivity contribution in [1.82, 2.24) is 5.43 Å². The highest BCUT2D eigenvalue weighted by Crippen LogP contribution is 2.37. The second-order valence-corrected chi connectivity index (χ2v) is 9.39. The van der Waals surface area contributed by atoms with Crippen LogP contribution in [0.1, 0.15) is 5.56 Å². The SMILES string of the molecule is COc1ccc(N(CC(=O)N/N=C/c2cccc(Cl)c2)S(=O)(=O)c2ccccc2[N+](=O)[O-])c(OC)c1. The monoisotopic (exact) mass is 532 g/mol. The van der Waals surface area contributed by atoms with E-state index < -0.39 is 38.0 Å². The molecule has 0 spiro atoms. The highest BCUT2D eigenvalue weighted by atomic mass is 35.5. The van der Waals surface area contributed by atoms with Crippen LogP contribution in [0.4, 0.5) is 11.4 Å². The largest absolute Gasteiger partial charge is 0.497 e. The van der Waals surface area contributed by atoms with Crippen molar-refractivity contribution in [3.05, 3.63) is 87.4 Å². The Morgan fingerprint density at radius 1 is 1.11 bits per heavy atom. The predicted molar refractivity (Wildman–Crippen MR) is 134 cm³/mol. The number of benzene rings is 3. The lowest BCUT2D eigenvalue weighted by atomic mass is 10.2. The van der Waals surface area contributed by atoms with Crippen LogP contribution in [0.15, 0.2) is 76.7 Å². The van der Waals surface area contributed by atoms with Crippen molar-refractivity contribution in [1.29, 1.82) is 0 Å². The van der Waals surface area contributed by atoms with Gasteiger partial charge in [0.2, 0.25) is 0 Å². The fourth-order valence-corrected chi connectivity index (χ4v) is 4.96. The maximum atomic E-state index is 13.7. The molecular weight excluding hydrogens is 512 g/mol. The van der Waals surface area contributed by atoms with Crippen LogP contribution < -0.4 is 19.2 Å². The first-order valence-corrected chi connectivity index (χ1v) is 12.0. The Balaban J connectivity index is 2.01. The number of nitrogens with zero attached hydrogens (tertiary/aromatic N) is 3. The minimum Gasteiger partial charge on any atom is -0.497 e. The van der Waals surface area contributed by atoms with E-state index in [1.54, 1.807) is 24.3 Å². The van der Waals surface area contributed by atoms with Gasteiger partial charge in [0.15, 0.2) is 4.90 Å². The Morgan fingerprint density at radius 2 is 1.86 bits per heavy atom. The molecule has 0 aromatic heterocycles. The number of hydrazone groups is 1. The summed E-state index contributed by atoms with van der Waals surface area (Å²) in [5.41, 5.74) is 2.17. The van der Waals surface area contributed by atoms with Crippen LogP contribution in [0.2, 0.25) is 5.02 Å². The first kappa shape index (κ1) is 26.4. The van der Waals surface area contributed by atoms with Crippen molar-refractivity contribution in [3.63, 3.8) is 0 Å². The zero-order chi connectivity index (χ0) is 26.3. The van der Waals surface area contributed by atoms with E-state index in [9.17, 15) is 23.3 Å². The number of nitro groups is 1. The molecule has 0 aliphatic heterocycles. The lowest BCUT2D eigenvalue weighted by molar-refractivity contribution is -0.387. The number of rotatable bonds is 10. The molecule has 0 heterocycles. The Labute approximate surface area is 212 Å². The molecule has 36 heavy (non-hydrogen) atoms. The van der Waals surface area contributed by atoms with Gasteiger partial charge in [-0.25, -0.2) is 13.8 Å². The predicted octanol–water partition coefficient (Wildman–Crippen LogP) is 3.61. The standard InChI is InChI=1S/C23H21ClN4O7S/c1-34-18-10-11-19(21(13-18)35-2)27(36(32,33)22-9-4-3-8-20(22)28(30)31)15-23(29)26-25-14-16-6-5-7-17(24)12-16/h3-14H,15H2,1-2H3,(H,26,29)/b25-14+. The van der Waals surface area contributed by atoms with E-state index in [1.807, 2.05) is 0 Å². The van der Waals surface area contributed by atoms with Crippen molar-refractivity contribution in [3.8, 4) is 11.5 Å². The number of halogens is 1. The lowest BCUT2D eigenvalue weighted by Crippen LogP contribution is -2.40. The zero-order valence-corrected chi connectivity index (χ0v) is 20.7. The van der Waals surface area contributed by atoms with Gasteiger partial charge in [-0.05, 0) is 35.9 Å². The summed E-state index contributed by atoms with van der Waals surface area (Å²) in [6, 6.07) is 15.8. The van der Waals surface area contributed by atoms with E-state index in [1.165, 1.54) is 50.8 Å². The number of carbonyl (C=O) groups is 1. The number of methoxy groups -OCH3 is 2. The van der Waals surface area contributed by atoms with E-state index in [4.69, 9.17) is 21.1 Å². The molecule has 3 aromatic rings. The smallest absolute Gasteiger partial charge is 0.289 e. The van der Waals surface area contributed by atoms with Gasteiger partial charge in [-0.3, -0.25) is 19.2 Å². The average molecular weight is 533 g/mol. The molecule has 188 valence electrons. The molecule has 1 N–H and O–H groups in total. The number of anilines is 1. The molecule has 0 bridgehead atoms. The third-order valence-corrected chi connectivity index (χ3v) is 6.87. The topological polar surface area (TPSA) is 140 Å². The molecule has 0 fully saturated rings. The van der Waals surface area contributed by atoms with Crippen LogP contribution >= 0.6 is 11.6 Å². The fourth-order valence-electron chi connectivity index (χ4n) is 3.17.